The molecule has 22 heavy (non-hydrogen) atoms. The van der Waals surface area contributed by atoms with Crippen molar-refractivity contribution >= 4 is 17.3 Å². The summed E-state index contributed by atoms with van der Waals surface area (Å²) in [6.07, 6.45) is 2.62. The quantitative estimate of drug-likeness (QED) is 0.899. The third-order valence-electron chi connectivity index (χ3n) is 4.62. The molecule has 4 rings (SSSR count). The Balaban J connectivity index is 1.41. The molecule has 2 heterocycles. The lowest BCUT2D eigenvalue weighted by Crippen LogP contribution is -2.18. The van der Waals surface area contributed by atoms with Gasteiger partial charge >= 0.3 is 0 Å². The molecule has 1 saturated carbocycles. The molecule has 0 spiro atoms. The third-order valence-corrected chi connectivity index (χ3v) is 4.62. The van der Waals surface area contributed by atoms with E-state index in [4.69, 9.17) is 4.42 Å². The lowest BCUT2D eigenvalue weighted by atomic mass is 10.0. The minimum atomic E-state index is 0.102. The maximum atomic E-state index is 11.4. The van der Waals surface area contributed by atoms with Crippen LogP contribution in [0.5, 0.6) is 0 Å². The van der Waals surface area contributed by atoms with Crippen LogP contribution < -0.4 is 10.6 Å². The molecule has 0 radical (unpaired) electrons. The van der Waals surface area contributed by atoms with Crippen molar-refractivity contribution in [3.05, 3.63) is 47.4 Å². The van der Waals surface area contributed by atoms with Gasteiger partial charge in [0.15, 0.2) is 0 Å². The first kappa shape index (κ1) is 13.4. The van der Waals surface area contributed by atoms with Crippen molar-refractivity contribution < 1.29 is 9.21 Å². The Labute approximate surface area is 129 Å². The molecular formula is C18H20N2O2. The van der Waals surface area contributed by atoms with Crippen molar-refractivity contribution in [2.45, 2.75) is 38.6 Å². The van der Waals surface area contributed by atoms with E-state index in [1.165, 1.54) is 12.0 Å². The van der Waals surface area contributed by atoms with Gasteiger partial charge < -0.3 is 15.1 Å². The predicted molar refractivity (Wildman–Crippen MR) is 85.9 cm³/mol. The van der Waals surface area contributed by atoms with Crippen LogP contribution in [0.3, 0.4) is 0 Å². The molecule has 2 aromatic rings. The number of fused-ring (bicyclic) bond motifs is 1. The Morgan fingerprint density at radius 3 is 2.95 bits per heavy atom. The number of rotatable bonds is 4. The molecule has 114 valence electrons. The van der Waals surface area contributed by atoms with Gasteiger partial charge in [0.1, 0.15) is 11.5 Å². The highest BCUT2D eigenvalue weighted by Crippen LogP contribution is 2.47. The summed E-state index contributed by atoms with van der Waals surface area (Å²) in [6, 6.07) is 10.2. The monoisotopic (exact) mass is 296 g/mol. The summed E-state index contributed by atoms with van der Waals surface area (Å²) >= 11 is 0. The van der Waals surface area contributed by atoms with Gasteiger partial charge in [0, 0.05) is 23.7 Å². The first-order valence-corrected chi connectivity index (χ1v) is 7.94. The fourth-order valence-corrected chi connectivity index (χ4v) is 3.09. The van der Waals surface area contributed by atoms with Crippen LogP contribution in [0.25, 0.3) is 0 Å². The Morgan fingerprint density at radius 1 is 1.27 bits per heavy atom. The fourth-order valence-electron chi connectivity index (χ4n) is 3.09. The molecule has 1 aromatic heterocycles. The van der Waals surface area contributed by atoms with Gasteiger partial charge in [-0.25, -0.2) is 0 Å². The number of aryl methyl sites for hydroxylation is 1. The molecule has 1 aliphatic carbocycles. The number of anilines is 2. The molecule has 2 aliphatic rings. The second-order valence-corrected chi connectivity index (χ2v) is 6.40. The summed E-state index contributed by atoms with van der Waals surface area (Å²) in [5.41, 5.74) is 3.19. The molecule has 0 unspecified atom stereocenters. The summed E-state index contributed by atoms with van der Waals surface area (Å²) in [7, 11) is 0. The second-order valence-electron chi connectivity index (χ2n) is 6.40. The van der Waals surface area contributed by atoms with Gasteiger partial charge in [-0.3, -0.25) is 4.79 Å². The number of nitrogens with one attached hydrogen (secondary N) is 2. The number of hydrogen-bond donors (Lipinski definition) is 2. The number of amides is 1. The molecule has 2 N–H and O–H groups in total. The number of furan rings is 1. The smallest absolute Gasteiger partial charge is 0.224 e. The lowest BCUT2D eigenvalue weighted by molar-refractivity contribution is -0.116. The Bertz CT molecular complexity index is 720. The molecule has 0 saturated heterocycles. The lowest BCUT2D eigenvalue weighted by Gasteiger charge is -2.17. The number of carbonyl (C=O) groups excluding carboxylic acids is 1. The van der Waals surface area contributed by atoms with E-state index < -0.39 is 0 Å². The highest BCUT2D eigenvalue weighted by atomic mass is 16.3. The van der Waals surface area contributed by atoms with Crippen molar-refractivity contribution in [1.29, 1.82) is 0 Å². The van der Waals surface area contributed by atoms with Crippen LogP contribution in [0.15, 0.2) is 34.7 Å². The van der Waals surface area contributed by atoms with Gasteiger partial charge in [-0.2, -0.15) is 0 Å². The van der Waals surface area contributed by atoms with Crippen LogP contribution in [0.2, 0.25) is 0 Å². The summed E-state index contributed by atoms with van der Waals surface area (Å²) in [5.74, 6) is 3.59. The molecule has 0 bridgehead atoms. The molecule has 1 amide bonds. The van der Waals surface area contributed by atoms with E-state index in [1.807, 2.05) is 12.1 Å². The molecule has 1 aromatic carbocycles. The van der Waals surface area contributed by atoms with Crippen LogP contribution in [-0.2, 0) is 17.8 Å². The van der Waals surface area contributed by atoms with Crippen molar-refractivity contribution in [1.82, 2.24) is 0 Å². The molecule has 1 fully saturated rings. The predicted octanol–water partition coefficient (Wildman–Crippen LogP) is 3.90. The Kier molecular flexibility index (Phi) is 3.17. The van der Waals surface area contributed by atoms with Gasteiger partial charge in [-0.15, -0.1) is 0 Å². The zero-order valence-electron chi connectivity index (χ0n) is 12.7. The summed E-state index contributed by atoms with van der Waals surface area (Å²) in [4.78, 5) is 11.4. The maximum Gasteiger partial charge on any atom is 0.224 e. The van der Waals surface area contributed by atoms with Crippen LogP contribution in [0.1, 0.15) is 42.8 Å². The third kappa shape index (κ3) is 2.61. The second kappa shape index (κ2) is 5.20. The van der Waals surface area contributed by atoms with E-state index >= 15 is 0 Å². The summed E-state index contributed by atoms with van der Waals surface area (Å²) < 4.78 is 5.91. The SMILES string of the molecule is C[C@@H]1C[C@H]1c1ccc(CNc2ccc3c(c2)CCC(=O)N3)o1. The zero-order valence-corrected chi connectivity index (χ0v) is 12.7. The molecule has 4 nitrogen and oxygen atoms in total. The first-order chi connectivity index (χ1) is 10.7. The van der Waals surface area contributed by atoms with Gasteiger partial charge in [-0.1, -0.05) is 6.92 Å². The van der Waals surface area contributed by atoms with Crippen molar-refractivity contribution in [2.24, 2.45) is 5.92 Å². The first-order valence-electron chi connectivity index (χ1n) is 7.94. The summed E-state index contributed by atoms with van der Waals surface area (Å²) in [6.45, 7) is 2.95. The van der Waals surface area contributed by atoms with E-state index in [9.17, 15) is 4.79 Å². The van der Waals surface area contributed by atoms with E-state index in [0.29, 0.717) is 18.9 Å². The van der Waals surface area contributed by atoms with E-state index in [1.54, 1.807) is 0 Å². The molecule has 4 heteroatoms. The minimum Gasteiger partial charge on any atom is -0.464 e. The summed E-state index contributed by atoms with van der Waals surface area (Å²) in [5, 5.41) is 6.30. The largest absolute Gasteiger partial charge is 0.464 e. The van der Waals surface area contributed by atoms with Crippen LogP contribution in [-0.4, -0.2) is 5.91 Å². The van der Waals surface area contributed by atoms with E-state index in [0.717, 1.165) is 35.2 Å². The minimum absolute atomic E-state index is 0.102. The average Bonchev–Trinajstić information content (AvgIpc) is 3.07. The molecule has 2 atom stereocenters. The zero-order chi connectivity index (χ0) is 15.1. The topological polar surface area (TPSA) is 54.3 Å². The van der Waals surface area contributed by atoms with E-state index in [-0.39, 0.29) is 5.91 Å². The Hall–Kier alpha value is -2.23. The fraction of sp³-hybridized carbons (Fsp3) is 0.389. The standard InChI is InChI=1S/C18H20N2O2/c1-11-8-15(11)17-6-4-14(22-17)10-19-13-3-5-16-12(9-13)2-7-18(21)20-16/h3-6,9,11,15,19H,2,7-8,10H2,1H3,(H,20,21)/t11-,15-/m1/s1. The van der Waals surface area contributed by atoms with Gasteiger partial charge in [0.05, 0.1) is 6.54 Å². The number of carbonyl (C=O) groups is 1. The number of hydrogen-bond acceptors (Lipinski definition) is 3. The Morgan fingerprint density at radius 2 is 2.14 bits per heavy atom. The highest BCUT2D eigenvalue weighted by Gasteiger charge is 2.36. The van der Waals surface area contributed by atoms with Crippen LogP contribution in [0, 0.1) is 5.92 Å². The average molecular weight is 296 g/mol. The number of benzene rings is 1. The van der Waals surface area contributed by atoms with Gasteiger partial charge in [0.2, 0.25) is 5.91 Å². The van der Waals surface area contributed by atoms with Crippen molar-refractivity contribution in [3.8, 4) is 0 Å². The highest BCUT2D eigenvalue weighted by molar-refractivity contribution is 5.94. The maximum absolute atomic E-state index is 11.4. The van der Waals surface area contributed by atoms with Crippen LogP contribution >= 0.6 is 0 Å². The van der Waals surface area contributed by atoms with Gasteiger partial charge in [-0.05, 0) is 54.7 Å². The van der Waals surface area contributed by atoms with Crippen molar-refractivity contribution in [3.63, 3.8) is 0 Å². The van der Waals surface area contributed by atoms with Crippen molar-refractivity contribution in [2.75, 3.05) is 10.6 Å². The molecular weight excluding hydrogens is 276 g/mol. The normalized spacial score (nSPS) is 22.9. The molecule has 1 aliphatic heterocycles. The van der Waals surface area contributed by atoms with Gasteiger partial charge in [0.25, 0.3) is 0 Å². The van der Waals surface area contributed by atoms with E-state index in [2.05, 4.69) is 35.8 Å². The van der Waals surface area contributed by atoms with Crippen LogP contribution in [0.4, 0.5) is 11.4 Å².